The Morgan fingerprint density at radius 1 is 1.03 bits per heavy atom. The molecule has 0 radical (unpaired) electrons. The topological polar surface area (TPSA) is 44.7 Å². The Bertz CT molecular complexity index is 778. The number of aromatic hydroxyl groups is 1. The van der Waals surface area contributed by atoms with Crippen molar-refractivity contribution < 1.29 is 23.0 Å². The van der Waals surface area contributed by atoms with E-state index in [-0.39, 0.29) is 36.3 Å². The SMILES string of the molecule is Cl.Cl.Oc1cc(Cl)cc(Cl)c1[C@H](c1ccc(OC(F)(F)F)cc1)N1CCNCC1. The van der Waals surface area contributed by atoms with Crippen LogP contribution in [0.25, 0.3) is 0 Å². The highest BCUT2D eigenvalue weighted by Gasteiger charge is 2.32. The van der Waals surface area contributed by atoms with Gasteiger partial charge in [-0.1, -0.05) is 35.3 Å². The molecule has 0 unspecified atom stereocenters. The molecule has 1 atom stereocenters. The van der Waals surface area contributed by atoms with Gasteiger partial charge in [-0.3, -0.25) is 4.90 Å². The molecule has 0 saturated carbocycles. The molecule has 4 nitrogen and oxygen atoms in total. The number of phenolic OH excluding ortho intramolecular Hbond substituents is 1. The van der Waals surface area contributed by atoms with Gasteiger partial charge < -0.3 is 15.2 Å². The Hall–Kier alpha value is -1.09. The van der Waals surface area contributed by atoms with E-state index in [0.717, 1.165) is 13.1 Å². The van der Waals surface area contributed by atoms with Crippen molar-refractivity contribution in [2.45, 2.75) is 12.4 Å². The zero-order valence-corrected chi connectivity index (χ0v) is 18.0. The highest BCUT2D eigenvalue weighted by molar-refractivity contribution is 6.35. The monoisotopic (exact) mass is 492 g/mol. The second-order valence-corrected chi connectivity index (χ2v) is 6.97. The normalized spacial score (nSPS) is 15.8. The summed E-state index contributed by atoms with van der Waals surface area (Å²) in [6.07, 6.45) is -4.75. The Labute approximate surface area is 188 Å². The Morgan fingerprint density at radius 3 is 2.14 bits per heavy atom. The number of nitrogens with zero attached hydrogens (tertiary/aromatic N) is 1. The van der Waals surface area contributed by atoms with E-state index < -0.39 is 12.4 Å². The molecule has 29 heavy (non-hydrogen) atoms. The van der Waals surface area contributed by atoms with Crippen LogP contribution in [0, 0.1) is 0 Å². The zero-order valence-electron chi connectivity index (χ0n) is 14.9. The number of phenols is 1. The predicted octanol–water partition coefficient (Wildman–Crippen LogP) is 5.44. The van der Waals surface area contributed by atoms with E-state index >= 15 is 0 Å². The number of alkyl halides is 3. The lowest BCUT2D eigenvalue weighted by atomic mass is 9.95. The van der Waals surface area contributed by atoms with Crippen LogP contribution in [0.5, 0.6) is 11.5 Å². The molecule has 3 rings (SSSR count). The van der Waals surface area contributed by atoms with Crippen LogP contribution >= 0.6 is 48.0 Å². The van der Waals surface area contributed by atoms with Crippen molar-refractivity contribution in [3.05, 3.63) is 57.6 Å². The second-order valence-electron chi connectivity index (χ2n) is 6.13. The average molecular weight is 494 g/mol. The summed E-state index contributed by atoms with van der Waals surface area (Å²) in [5.41, 5.74) is 1.15. The van der Waals surface area contributed by atoms with Gasteiger partial charge in [-0.15, -0.1) is 38.0 Å². The van der Waals surface area contributed by atoms with Gasteiger partial charge in [0.1, 0.15) is 11.5 Å². The van der Waals surface area contributed by atoms with Gasteiger partial charge in [0.25, 0.3) is 0 Å². The third-order valence-electron chi connectivity index (χ3n) is 4.29. The second kappa shape index (κ2) is 10.8. The summed E-state index contributed by atoms with van der Waals surface area (Å²) < 4.78 is 41.1. The molecule has 1 fully saturated rings. The molecule has 0 aromatic heterocycles. The Morgan fingerprint density at radius 2 is 1.62 bits per heavy atom. The summed E-state index contributed by atoms with van der Waals surface area (Å²) in [7, 11) is 0. The van der Waals surface area contributed by atoms with Crippen LogP contribution in [-0.2, 0) is 0 Å². The van der Waals surface area contributed by atoms with E-state index in [1.165, 1.54) is 36.4 Å². The van der Waals surface area contributed by atoms with Gasteiger partial charge in [0.2, 0.25) is 0 Å². The lowest BCUT2D eigenvalue weighted by Gasteiger charge is -2.36. The maximum absolute atomic E-state index is 12.4. The fourth-order valence-corrected chi connectivity index (χ4v) is 3.78. The lowest BCUT2D eigenvalue weighted by Crippen LogP contribution is -2.45. The molecule has 2 N–H and O–H groups in total. The van der Waals surface area contributed by atoms with Gasteiger partial charge in [-0.25, -0.2) is 0 Å². The third kappa shape index (κ3) is 6.70. The first-order valence-corrected chi connectivity index (χ1v) is 8.98. The molecule has 1 heterocycles. The summed E-state index contributed by atoms with van der Waals surface area (Å²) in [6, 6.07) is 8.08. The maximum Gasteiger partial charge on any atom is 0.573 e. The largest absolute Gasteiger partial charge is 0.573 e. The van der Waals surface area contributed by atoms with Crippen molar-refractivity contribution in [3.63, 3.8) is 0 Å². The zero-order chi connectivity index (χ0) is 19.6. The van der Waals surface area contributed by atoms with Crippen molar-refractivity contribution in [1.82, 2.24) is 10.2 Å². The van der Waals surface area contributed by atoms with Crippen LogP contribution in [0.3, 0.4) is 0 Å². The van der Waals surface area contributed by atoms with E-state index in [2.05, 4.69) is 15.0 Å². The quantitative estimate of drug-likeness (QED) is 0.595. The number of benzene rings is 2. The highest BCUT2D eigenvalue weighted by atomic mass is 35.5. The van der Waals surface area contributed by atoms with Crippen molar-refractivity contribution in [1.29, 1.82) is 0 Å². The average Bonchev–Trinajstić information content (AvgIpc) is 2.58. The first-order chi connectivity index (χ1) is 12.7. The molecular weight excluding hydrogens is 475 g/mol. The van der Waals surface area contributed by atoms with Gasteiger partial charge >= 0.3 is 6.36 Å². The van der Waals surface area contributed by atoms with Gasteiger partial charge in [-0.2, -0.15) is 0 Å². The molecule has 2 aromatic carbocycles. The summed E-state index contributed by atoms with van der Waals surface area (Å²) in [5, 5.41) is 14.3. The number of piperazine rings is 1. The van der Waals surface area contributed by atoms with Gasteiger partial charge in [0.15, 0.2) is 0 Å². The summed E-state index contributed by atoms with van der Waals surface area (Å²) >= 11 is 12.3. The number of nitrogens with one attached hydrogen (secondary N) is 1. The van der Waals surface area contributed by atoms with Crippen molar-refractivity contribution in [2.75, 3.05) is 26.2 Å². The summed E-state index contributed by atoms with van der Waals surface area (Å²) in [4.78, 5) is 2.10. The molecule has 0 amide bonds. The minimum atomic E-state index is -4.75. The fourth-order valence-electron chi connectivity index (χ4n) is 3.19. The van der Waals surface area contributed by atoms with Crippen LogP contribution in [0.4, 0.5) is 13.2 Å². The Balaban J connectivity index is 0.00000210. The third-order valence-corrected chi connectivity index (χ3v) is 4.82. The standard InChI is InChI=1S/C18H17Cl2F3N2O2.2ClH/c19-12-9-14(20)16(15(26)10-12)17(25-7-5-24-6-8-25)11-1-3-13(4-2-11)27-18(21,22)23;;/h1-4,9-10,17,24,26H,5-8H2;2*1H/t17-;;/m0../s1. The molecule has 162 valence electrons. The van der Waals surface area contributed by atoms with Gasteiger partial charge in [0.05, 0.1) is 11.1 Å². The van der Waals surface area contributed by atoms with Gasteiger partial charge in [0, 0.05) is 36.8 Å². The summed E-state index contributed by atoms with van der Waals surface area (Å²) in [5.74, 6) is -0.372. The molecule has 0 spiro atoms. The molecule has 1 saturated heterocycles. The highest BCUT2D eigenvalue weighted by Crippen LogP contribution is 2.41. The van der Waals surface area contributed by atoms with Crippen molar-refractivity contribution >= 4 is 48.0 Å². The molecule has 0 bridgehead atoms. The number of rotatable bonds is 4. The van der Waals surface area contributed by atoms with Crippen molar-refractivity contribution in [2.24, 2.45) is 0 Å². The smallest absolute Gasteiger partial charge is 0.507 e. The first-order valence-electron chi connectivity index (χ1n) is 8.23. The minimum Gasteiger partial charge on any atom is -0.507 e. The molecule has 0 aliphatic carbocycles. The van der Waals surface area contributed by atoms with Gasteiger partial charge in [-0.05, 0) is 29.8 Å². The van der Waals surface area contributed by atoms with E-state index in [9.17, 15) is 18.3 Å². The molecule has 1 aliphatic rings. The first kappa shape index (κ1) is 25.9. The molecule has 11 heteroatoms. The van der Waals surface area contributed by atoms with Crippen LogP contribution in [-0.4, -0.2) is 42.5 Å². The molecule has 1 aliphatic heterocycles. The van der Waals surface area contributed by atoms with Crippen LogP contribution < -0.4 is 10.1 Å². The van der Waals surface area contributed by atoms with E-state index in [0.29, 0.717) is 34.3 Å². The Kier molecular flexibility index (Phi) is 9.66. The van der Waals surface area contributed by atoms with Crippen molar-refractivity contribution in [3.8, 4) is 11.5 Å². The predicted molar refractivity (Wildman–Crippen MR) is 112 cm³/mol. The molecular formula is C18H19Cl4F3N2O2. The van der Waals surface area contributed by atoms with Crippen LogP contribution in [0.1, 0.15) is 17.2 Å². The maximum atomic E-state index is 12.4. The lowest BCUT2D eigenvalue weighted by molar-refractivity contribution is -0.274. The van der Waals surface area contributed by atoms with Crippen LogP contribution in [0.2, 0.25) is 10.0 Å². The van der Waals surface area contributed by atoms with Crippen LogP contribution in [0.15, 0.2) is 36.4 Å². The summed E-state index contributed by atoms with van der Waals surface area (Å²) in [6.45, 7) is 2.86. The fraction of sp³-hybridized carbons (Fsp3) is 0.333. The van der Waals surface area contributed by atoms with E-state index in [1.807, 2.05) is 0 Å². The number of hydrogen-bond acceptors (Lipinski definition) is 4. The minimum absolute atomic E-state index is 0. The number of halogens is 7. The number of ether oxygens (including phenoxy) is 1. The van der Waals surface area contributed by atoms with E-state index in [1.54, 1.807) is 0 Å². The number of hydrogen-bond donors (Lipinski definition) is 2. The van der Waals surface area contributed by atoms with E-state index in [4.69, 9.17) is 23.2 Å². The molecule has 2 aromatic rings.